The number of rotatable bonds is 3. The fourth-order valence-electron chi connectivity index (χ4n) is 2.90. The van der Waals surface area contributed by atoms with Crippen LogP contribution in [0.25, 0.3) is 26.1 Å². The molecule has 4 rings (SSSR count). The smallest absolute Gasteiger partial charge is 0.267 e. The molecule has 4 nitrogen and oxygen atoms in total. The molecule has 0 bridgehead atoms. The molecule has 0 aliphatic carbocycles. The van der Waals surface area contributed by atoms with E-state index in [0.717, 1.165) is 28.6 Å². The second kappa shape index (κ2) is 6.00. The summed E-state index contributed by atoms with van der Waals surface area (Å²) in [5.74, 6) is 0. The average molecular weight is 356 g/mol. The number of hydrogen-bond acceptors (Lipinski definition) is 4. The Kier molecular flexibility index (Phi) is 3.82. The zero-order chi connectivity index (χ0) is 16.7. The van der Waals surface area contributed by atoms with Gasteiger partial charge < -0.3 is 0 Å². The third-order valence-corrected chi connectivity index (χ3v) is 5.28. The Morgan fingerprint density at radius 1 is 1.25 bits per heavy atom. The first-order chi connectivity index (χ1) is 11.7. The number of aryl methyl sites for hydroxylation is 1. The zero-order valence-electron chi connectivity index (χ0n) is 13.0. The van der Waals surface area contributed by atoms with Crippen LogP contribution in [0.4, 0.5) is 0 Å². The molecule has 3 heterocycles. The third kappa shape index (κ3) is 2.41. The molecule has 0 aliphatic heterocycles. The number of aromatic nitrogens is 3. The van der Waals surface area contributed by atoms with E-state index in [-0.39, 0.29) is 5.56 Å². The molecule has 24 heavy (non-hydrogen) atoms. The molecule has 0 aliphatic rings. The van der Waals surface area contributed by atoms with Gasteiger partial charge in [0.2, 0.25) is 0 Å². The summed E-state index contributed by atoms with van der Waals surface area (Å²) >= 11 is 7.44. The van der Waals surface area contributed by atoms with Gasteiger partial charge in [-0.25, -0.2) is 9.97 Å². The van der Waals surface area contributed by atoms with Gasteiger partial charge in [0.05, 0.1) is 11.2 Å². The molecule has 0 N–H and O–H groups in total. The van der Waals surface area contributed by atoms with Gasteiger partial charge in [-0.15, -0.1) is 11.3 Å². The van der Waals surface area contributed by atoms with Crippen molar-refractivity contribution in [2.24, 2.45) is 0 Å². The lowest BCUT2D eigenvalue weighted by molar-refractivity contribution is 0.928. The minimum Gasteiger partial charge on any atom is -0.267 e. The van der Waals surface area contributed by atoms with Crippen LogP contribution >= 0.6 is 22.9 Å². The van der Waals surface area contributed by atoms with Gasteiger partial charge in [0.1, 0.15) is 15.9 Å². The summed E-state index contributed by atoms with van der Waals surface area (Å²) in [5.41, 5.74) is 2.56. The monoisotopic (exact) mass is 355 g/mol. The molecule has 120 valence electrons. The summed E-state index contributed by atoms with van der Waals surface area (Å²) in [6, 6.07) is 9.21. The lowest BCUT2D eigenvalue weighted by atomic mass is 10.1. The second-order valence-corrected chi connectivity index (χ2v) is 7.02. The van der Waals surface area contributed by atoms with Crippen molar-refractivity contribution < 1.29 is 0 Å². The van der Waals surface area contributed by atoms with E-state index in [9.17, 15) is 4.79 Å². The Morgan fingerprint density at radius 3 is 2.92 bits per heavy atom. The number of pyridine rings is 1. The third-order valence-electron chi connectivity index (χ3n) is 3.97. The van der Waals surface area contributed by atoms with Crippen molar-refractivity contribution in [3.63, 3.8) is 0 Å². The van der Waals surface area contributed by atoms with Crippen LogP contribution in [0.1, 0.15) is 18.9 Å². The van der Waals surface area contributed by atoms with Crippen molar-refractivity contribution in [1.29, 1.82) is 0 Å². The molecule has 0 spiro atoms. The molecule has 1 aromatic carbocycles. The largest absolute Gasteiger partial charge is 0.275 e. The Morgan fingerprint density at radius 2 is 2.12 bits per heavy atom. The zero-order valence-corrected chi connectivity index (χ0v) is 14.6. The Bertz CT molecular complexity index is 1120. The minimum absolute atomic E-state index is 0.0901. The van der Waals surface area contributed by atoms with Gasteiger partial charge in [-0.3, -0.25) is 9.36 Å². The van der Waals surface area contributed by atoms with Crippen LogP contribution in [0, 0.1) is 0 Å². The fraction of sp³-hybridized carbons (Fsp3) is 0.167. The molecule has 0 amide bonds. The van der Waals surface area contributed by atoms with Gasteiger partial charge >= 0.3 is 0 Å². The van der Waals surface area contributed by atoms with Gasteiger partial charge in [0.25, 0.3) is 5.56 Å². The van der Waals surface area contributed by atoms with Gasteiger partial charge in [-0.1, -0.05) is 31.0 Å². The maximum absolute atomic E-state index is 12.9. The number of nitrogens with zero attached hydrogens (tertiary/aromatic N) is 3. The maximum Gasteiger partial charge on any atom is 0.275 e. The summed E-state index contributed by atoms with van der Waals surface area (Å²) in [7, 11) is 0. The highest BCUT2D eigenvalue weighted by atomic mass is 35.5. The fourth-order valence-corrected chi connectivity index (χ4v) is 4.16. The van der Waals surface area contributed by atoms with Crippen LogP contribution in [-0.4, -0.2) is 14.5 Å². The molecule has 0 saturated carbocycles. The van der Waals surface area contributed by atoms with Crippen molar-refractivity contribution in [1.82, 2.24) is 14.5 Å². The van der Waals surface area contributed by atoms with Crippen molar-refractivity contribution >= 4 is 43.4 Å². The van der Waals surface area contributed by atoms with Gasteiger partial charge in [0.15, 0.2) is 0 Å². The molecule has 0 saturated heterocycles. The maximum atomic E-state index is 12.9. The van der Waals surface area contributed by atoms with Crippen LogP contribution in [-0.2, 0) is 6.42 Å². The van der Waals surface area contributed by atoms with Crippen LogP contribution in [0.3, 0.4) is 0 Å². The minimum atomic E-state index is -0.0901. The Hall–Kier alpha value is -2.24. The molecular weight excluding hydrogens is 342 g/mol. The standard InChI is InChI=1S/C18H14ClN3OS/c1-2-4-11-7-8-20-17-14(11)15-16(24-17)18(23)22(10-21-15)13-6-3-5-12(19)9-13/h3,5-10H,2,4H2,1H3. The number of benzene rings is 1. The van der Waals surface area contributed by atoms with E-state index in [2.05, 4.69) is 16.9 Å². The first-order valence-electron chi connectivity index (χ1n) is 7.72. The predicted octanol–water partition coefficient (Wildman–Crippen LogP) is 4.60. The van der Waals surface area contributed by atoms with Crippen LogP contribution in [0.15, 0.2) is 47.7 Å². The average Bonchev–Trinajstić information content (AvgIpc) is 2.96. The van der Waals surface area contributed by atoms with E-state index < -0.39 is 0 Å². The molecular formula is C18H14ClN3OS. The first-order valence-corrected chi connectivity index (χ1v) is 8.92. The van der Waals surface area contributed by atoms with E-state index in [1.54, 1.807) is 24.7 Å². The molecule has 3 aromatic heterocycles. The summed E-state index contributed by atoms with van der Waals surface area (Å²) in [6.45, 7) is 2.14. The highest BCUT2D eigenvalue weighted by Gasteiger charge is 2.15. The summed E-state index contributed by atoms with van der Waals surface area (Å²) in [4.78, 5) is 22.8. The van der Waals surface area contributed by atoms with E-state index >= 15 is 0 Å². The van der Waals surface area contributed by atoms with Gasteiger partial charge in [0, 0.05) is 16.6 Å². The number of fused-ring (bicyclic) bond motifs is 3. The van der Waals surface area contributed by atoms with E-state index in [1.165, 1.54) is 21.5 Å². The van der Waals surface area contributed by atoms with Crippen LogP contribution in [0.5, 0.6) is 0 Å². The lowest BCUT2D eigenvalue weighted by Gasteiger charge is -2.05. The molecule has 0 unspecified atom stereocenters. The van der Waals surface area contributed by atoms with Crippen molar-refractivity contribution in [3.05, 3.63) is 63.8 Å². The highest BCUT2D eigenvalue weighted by Crippen LogP contribution is 2.32. The van der Waals surface area contributed by atoms with E-state index in [0.29, 0.717) is 15.4 Å². The van der Waals surface area contributed by atoms with Crippen LogP contribution < -0.4 is 5.56 Å². The second-order valence-electron chi connectivity index (χ2n) is 5.58. The SMILES string of the molecule is CCCc1ccnc2sc3c(=O)n(-c4cccc(Cl)c4)cnc3c12. The van der Waals surface area contributed by atoms with Crippen molar-refractivity contribution in [2.75, 3.05) is 0 Å². The number of halogens is 1. The summed E-state index contributed by atoms with van der Waals surface area (Å²) in [5, 5.41) is 1.59. The summed E-state index contributed by atoms with van der Waals surface area (Å²) in [6.07, 6.45) is 5.36. The van der Waals surface area contributed by atoms with E-state index in [1.807, 2.05) is 18.2 Å². The highest BCUT2D eigenvalue weighted by molar-refractivity contribution is 7.25. The van der Waals surface area contributed by atoms with Gasteiger partial charge in [-0.2, -0.15) is 0 Å². The van der Waals surface area contributed by atoms with Gasteiger partial charge in [-0.05, 0) is 36.2 Å². The quantitative estimate of drug-likeness (QED) is 0.539. The number of hydrogen-bond donors (Lipinski definition) is 0. The lowest BCUT2D eigenvalue weighted by Crippen LogP contribution is -2.17. The Labute approximate surface area is 147 Å². The Balaban J connectivity index is 2.02. The molecule has 0 fully saturated rings. The predicted molar refractivity (Wildman–Crippen MR) is 99.5 cm³/mol. The topological polar surface area (TPSA) is 47.8 Å². The molecule has 0 atom stereocenters. The normalized spacial score (nSPS) is 11.4. The van der Waals surface area contributed by atoms with E-state index in [4.69, 9.17) is 11.6 Å². The first kappa shape index (κ1) is 15.3. The molecule has 0 radical (unpaired) electrons. The van der Waals surface area contributed by atoms with Crippen LogP contribution in [0.2, 0.25) is 5.02 Å². The summed E-state index contributed by atoms with van der Waals surface area (Å²) < 4.78 is 2.16. The number of thiophene rings is 1. The van der Waals surface area contributed by atoms with Crippen molar-refractivity contribution in [2.45, 2.75) is 19.8 Å². The molecule has 6 heteroatoms. The van der Waals surface area contributed by atoms with Crippen molar-refractivity contribution in [3.8, 4) is 5.69 Å². The molecule has 4 aromatic rings.